The van der Waals surface area contributed by atoms with Crippen LogP contribution in [0.4, 0.5) is 0 Å². The van der Waals surface area contributed by atoms with Gasteiger partial charge in [0.2, 0.25) is 0 Å². The summed E-state index contributed by atoms with van der Waals surface area (Å²) in [5.74, 6) is 0. The average Bonchev–Trinajstić information content (AvgIpc) is 2.90. The van der Waals surface area contributed by atoms with Crippen LogP contribution in [0.3, 0.4) is 0 Å². The fourth-order valence-corrected chi connectivity index (χ4v) is 3.17. The summed E-state index contributed by atoms with van der Waals surface area (Å²) >= 11 is 0. The molecule has 0 saturated carbocycles. The van der Waals surface area contributed by atoms with Crippen molar-refractivity contribution in [3.63, 3.8) is 0 Å². The van der Waals surface area contributed by atoms with Crippen LogP contribution in [-0.4, -0.2) is 8.97 Å². The molecule has 0 fully saturated rings. The van der Waals surface area contributed by atoms with E-state index in [2.05, 4.69) is 17.4 Å². The average molecular weight is 288 g/mol. The predicted molar refractivity (Wildman–Crippen MR) is 90.0 cm³/mol. The van der Waals surface area contributed by atoms with E-state index < -0.39 is 0 Å². The third kappa shape index (κ3) is 1.65. The van der Waals surface area contributed by atoms with E-state index in [9.17, 15) is 4.79 Å². The Kier molecular flexibility index (Phi) is 2.70. The Labute approximate surface area is 128 Å². The molecular weight excluding hydrogens is 272 g/mol. The van der Waals surface area contributed by atoms with Crippen LogP contribution in [0.2, 0.25) is 0 Å². The number of nitrogens with zero attached hydrogens (tertiary/aromatic N) is 2. The van der Waals surface area contributed by atoms with E-state index in [1.165, 1.54) is 0 Å². The molecule has 0 aliphatic rings. The highest BCUT2D eigenvalue weighted by Crippen LogP contribution is 2.22. The van der Waals surface area contributed by atoms with Crippen LogP contribution < -0.4 is 5.56 Å². The topological polar surface area (TPSA) is 26.4 Å². The van der Waals surface area contributed by atoms with Gasteiger partial charge in [-0.2, -0.15) is 0 Å². The lowest BCUT2D eigenvalue weighted by Gasteiger charge is -2.14. The maximum absolute atomic E-state index is 13.1. The molecule has 2 aromatic heterocycles. The Morgan fingerprint density at radius 1 is 0.818 bits per heavy atom. The highest BCUT2D eigenvalue weighted by molar-refractivity contribution is 5.85. The zero-order valence-corrected chi connectivity index (χ0v) is 12.6. The third-order valence-corrected chi connectivity index (χ3v) is 4.19. The number of aromatic nitrogens is 2. The van der Waals surface area contributed by atoms with Gasteiger partial charge in [0.1, 0.15) is 5.65 Å². The number of rotatable bonds is 1. The molecule has 0 N–H and O–H groups in total. The van der Waals surface area contributed by atoms with Crippen LogP contribution in [-0.2, 0) is 0 Å². The van der Waals surface area contributed by atoms with Gasteiger partial charge < -0.3 is 0 Å². The van der Waals surface area contributed by atoms with Gasteiger partial charge in [0, 0.05) is 5.69 Å². The van der Waals surface area contributed by atoms with Gasteiger partial charge in [0.05, 0.1) is 16.6 Å². The van der Waals surface area contributed by atoms with Crippen LogP contribution in [0.15, 0.2) is 65.5 Å². The minimum atomic E-state index is 0.0236. The van der Waals surface area contributed by atoms with Crippen molar-refractivity contribution in [1.82, 2.24) is 8.97 Å². The van der Waals surface area contributed by atoms with Crippen LogP contribution in [0.25, 0.3) is 22.2 Å². The fourth-order valence-electron chi connectivity index (χ4n) is 3.17. The molecule has 0 amide bonds. The molecule has 4 aromatic rings. The number of fused-ring (bicyclic) bond motifs is 3. The first-order chi connectivity index (χ1) is 10.7. The SMILES string of the molecule is Cc1cccc2c(=O)n(-c3ccccc3)c3ccc(C)n3c12. The van der Waals surface area contributed by atoms with E-state index in [-0.39, 0.29) is 5.56 Å². The second kappa shape index (κ2) is 4.60. The summed E-state index contributed by atoms with van der Waals surface area (Å²) in [6.45, 7) is 4.12. The normalized spacial score (nSPS) is 11.4. The van der Waals surface area contributed by atoms with Gasteiger partial charge in [-0.3, -0.25) is 13.8 Å². The summed E-state index contributed by atoms with van der Waals surface area (Å²) in [5, 5.41) is 0.746. The van der Waals surface area contributed by atoms with Crippen molar-refractivity contribution in [1.29, 1.82) is 0 Å². The smallest absolute Gasteiger partial charge is 0.266 e. The molecule has 2 aromatic carbocycles. The lowest BCUT2D eigenvalue weighted by Crippen LogP contribution is -2.21. The van der Waals surface area contributed by atoms with Gasteiger partial charge in [-0.05, 0) is 49.7 Å². The monoisotopic (exact) mass is 288 g/mol. The summed E-state index contributed by atoms with van der Waals surface area (Å²) < 4.78 is 3.95. The van der Waals surface area contributed by atoms with Crippen molar-refractivity contribution in [3.05, 3.63) is 82.3 Å². The van der Waals surface area contributed by atoms with E-state index in [1.54, 1.807) is 4.57 Å². The lowest BCUT2D eigenvalue weighted by molar-refractivity contribution is 0.983. The van der Waals surface area contributed by atoms with Gasteiger partial charge in [-0.1, -0.05) is 30.3 Å². The maximum Gasteiger partial charge on any atom is 0.266 e. The fraction of sp³-hybridized carbons (Fsp3) is 0.105. The Hall–Kier alpha value is -2.81. The van der Waals surface area contributed by atoms with E-state index in [0.717, 1.165) is 33.5 Å². The van der Waals surface area contributed by atoms with Crippen LogP contribution in [0, 0.1) is 13.8 Å². The van der Waals surface area contributed by atoms with Crippen molar-refractivity contribution in [2.45, 2.75) is 13.8 Å². The number of benzene rings is 2. The molecule has 0 spiro atoms. The summed E-state index contributed by atoms with van der Waals surface area (Å²) in [5.41, 5.74) is 5.04. The van der Waals surface area contributed by atoms with Crippen molar-refractivity contribution in [2.24, 2.45) is 0 Å². The predicted octanol–water partition coefficient (Wildman–Crippen LogP) is 3.86. The highest BCUT2D eigenvalue weighted by Gasteiger charge is 2.14. The van der Waals surface area contributed by atoms with Crippen molar-refractivity contribution >= 4 is 16.6 Å². The summed E-state index contributed by atoms with van der Waals surface area (Å²) in [4.78, 5) is 13.1. The number of hydrogen-bond donors (Lipinski definition) is 0. The zero-order valence-electron chi connectivity index (χ0n) is 12.6. The Balaban J connectivity index is 2.32. The minimum absolute atomic E-state index is 0.0236. The third-order valence-electron chi connectivity index (χ3n) is 4.19. The highest BCUT2D eigenvalue weighted by atomic mass is 16.1. The Morgan fingerprint density at radius 3 is 2.36 bits per heavy atom. The second-order valence-electron chi connectivity index (χ2n) is 5.62. The van der Waals surface area contributed by atoms with Crippen LogP contribution >= 0.6 is 0 Å². The van der Waals surface area contributed by atoms with E-state index >= 15 is 0 Å². The first-order valence-electron chi connectivity index (χ1n) is 7.36. The Morgan fingerprint density at radius 2 is 1.59 bits per heavy atom. The molecule has 0 unspecified atom stereocenters. The van der Waals surface area contributed by atoms with Crippen molar-refractivity contribution in [2.75, 3.05) is 0 Å². The molecule has 0 atom stereocenters. The van der Waals surface area contributed by atoms with E-state index in [0.29, 0.717) is 0 Å². The zero-order chi connectivity index (χ0) is 15.3. The largest absolute Gasteiger partial charge is 0.299 e. The van der Waals surface area contributed by atoms with Crippen LogP contribution in [0.1, 0.15) is 11.3 Å². The first-order valence-corrected chi connectivity index (χ1v) is 7.36. The molecule has 3 heteroatoms. The molecule has 3 nitrogen and oxygen atoms in total. The lowest BCUT2D eigenvalue weighted by atomic mass is 10.1. The maximum atomic E-state index is 13.1. The molecule has 0 aliphatic heterocycles. The number of para-hydroxylation sites is 2. The molecular formula is C19H16N2O. The van der Waals surface area contributed by atoms with Gasteiger partial charge in [-0.25, -0.2) is 0 Å². The minimum Gasteiger partial charge on any atom is -0.299 e. The number of aryl methyl sites for hydroxylation is 2. The summed E-state index contributed by atoms with van der Waals surface area (Å²) in [6.07, 6.45) is 0. The molecule has 108 valence electrons. The van der Waals surface area contributed by atoms with Crippen molar-refractivity contribution in [3.8, 4) is 5.69 Å². The summed E-state index contributed by atoms with van der Waals surface area (Å²) in [6, 6.07) is 19.8. The standard InChI is InChI=1S/C19H16N2O/c1-13-7-6-10-16-18(13)20-14(2)11-12-17(20)21(19(16)22)15-8-4-3-5-9-15/h3-12H,1-2H3. The van der Waals surface area contributed by atoms with Gasteiger partial charge in [0.15, 0.2) is 0 Å². The quantitative estimate of drug-likeness (QED) is 0.522. The molecule has 2 heterocycles. The molecule has 0 bridgehead atoms. The molecule has 0 saturated heterocycles. The summed E-state index contributed by atoms with van der Waals surface area (Å²) in [7, 11) is 0. The molecule has 4 rings (SSSR count). The van der Waals surface area contributed by atoms with Gasteiger partial charge in [0.25, 0.3) is 5.56 Å². The molecule has 0 aliphatic carbocycles. The number of hydrogen-bond acceptors (Lipinski definition) is 1. The van der Waals surface area contributed by atoms with E-state index in [4.69, 9.17) is 0 Å². The van der Waals surface area contributed by atoms with Gasteiger partial charge >= 0.3 is 0 Å². The molecule has 22 heavy (non-hydrogen) atoms. The first kappa shape index (κ1) is 12.9. The Bertz CT molecular complexity index is 1060. The second-order valence-corrected chi connectivity index (χ2v) is 5.62. The van der Waals surface area contributed by atoms with Gasteiger partial charge in [-0.15, -0.1) is 0 Å². The van der Waals surface area contributed by atoms with E-state index in [1.807, 2.05) is 61.5 Å². The van der Waals surface area contributed by atoms with Crippen molar-refractivity contribution < 1.29 is 0 Å². The van der Waals surface area contributed by atoms with Crippen LogP contribution in [0.5, 0.6) is 0 Å². The molecule has 0 radical (unpaired) electrons.